The van der Waals surface area contributed by atoms with Gasteiger partial charge < -0.3 is 5.32 Å². The molecule has 1 aliphatic carbocycles. The monoisotopic (exact) mass is 243 g/mol. The molecule has 0 amide bonds. The van der Waals surface area contributed by atoms with Gasteiger partial charge in [-0.05, 0) is 30.4 Å². The highest BCUT2D eigenvalue weighted by Gasteiger charge is 2.19. The van der Waals surface area contributed by atoms with Gasteiger partial charge in [0, 0.05) is 18.3 Å². The number of hydrogen-bond acceptors (Lipinski definition) is 2. The molecule has 0 radical (unpaired) electrons. The molecule has 1 nitrogen and oxygen atoms in total. The summed E-state index contributed by atoms with van der Waals surface area (Å²) >= 11 is 2.11. The maximum absolute atomic E-state index is 3.74. The molecule has 0 bridgehead atoms. The highest BCUT2D eigenvalue weighted by molar-refractivity contribution is 7.99. The van der Waals surface area contributed by atoms with Crippen molar-refractivity contribution in [3.05, 3.63) is 0 Å². The minimum absolute atomic E-state index is 0.804. The zero-order chi connectivity index (χ0) is 11.8. The van der Waals surface area contributed by atoms with Crippen molar-refractivity contribution in [3.63, 3.8) is 0 Å². The smallest absolute Gasteiger partial charge is 0.00930 e. The first-order valence-electron chi connectivity index (χ1n) is 7.05. The van der Waals surface area contributed by atoms with Crippen molar-refractivity contribution >= 4 is 11.8 Å². The molecule has 0 aromatic heterocycles. The van der Waals surface area contributed by atoms with Gasteiger partial charge in [-0.25, -0.2) is 0 Å². The van der Waals surface area contributed by atoms with Crippen LogP contribution >= 0.6 is 11.8 Å². The minimum Gasteiger partial charge on any atom is -0.313 e. The topological polar surface area (TPSA) is 12.0 Å². The third kappa shape index (κ3) is 5.58. The number of hydrogen-bond donors (Lipinski definition) is 1. The molecule has 16 heavy (non-hydrogen) atoms. The van der Waals surface area contributed by atoms with Crippen LogP contribution in [0.2, 0.25) is 0 Å². The first-order valence-corrected chi connectivity index (χ1v) is 8.20. The van der Waals surface area contributed by atoms with E-state index >= 15 is 0 Å². The molecule has 1 aliphatic rings. The largest absolute Gasteiger partial charge is 0.313 e. The lowest BCUT2D eigenvalue weighted by Crippen LogP contribution is -2.38. The fourth-order valence-electron chi connectivity index (χ4n) is 2.34. The van der Waals surface area contributed by atoms with Crippen LogP contribution in [-0.2, 0) is 0 Å². The van der Waals surface area contributed by atoms with E-state index < -0.39 is 0 Å². The molecular formula is C14H29NS. The van der Waals surface area contributed by atoms with E-state index in [1.807, 2.05) is 0 Å². The van der Waals surface area contributed by atoms with Crippen molar-refractivity contribution in [2.75, 3.05) is 18.1 Å². The highest BCUT2D eigenvalue weighted by Crippen LogP contribution is 2.23. The molecule has 1 rings (SSSR count). The Bertz CT molecular complexity index is 172. The molecule has 2 heteroatoms. The summed E-state index contributed by atoms with van der Waals surface area (Å²) in [6.07, 6.45) is 7.03. The normalized spacial score (nSPS) is 27.9. The van der Waals surface area contributed by atoms with E-state index in [-0.39, 0.29) is 0 Å². The fraction of sp³-hybridized carbons (Fsp3) is 1.00. The third-order valence-corrected chi connectivity index (χ3v) is 5.16. The molecule has 3 unspecified atom stereocenters. The van der Waals surface area contributed by atoms with E-state index in [1.54, 1.807) is 0 Å². The Kier molecular flexibility index (Phi) is 7.55. The maximum Gasteiger partial charge on any atom is 0.00930 e. The lowest BCUT2D eigenvalue weighted by Gasteiger charge is -2.29. The van der Waals surface area contributed by atoms with Gasteiger partial charge in [0.05, 0.1) is 0 Å². The predicted molar refractivity (Wildman–Crippen MR) is 76.2 cm³/mol. The Hall–Kier alpha value is 0.310. The first kappa shape index (κ1) is 14.4. The average Bonchev–Trinajstić information content (AvgIpc) is 2.30. The quantitative estimate of drug-likeness (QED) is 0.680. The average molecular weight is 243 g/mol. The summed E-state index contributed by atoms with van der Waals surface area (Å²) < 4.78 is 0. The number of thioether (sulfide) groups is 1. The summed E-state index contributed by atoms with van der Waals surface area (Å²) in [7, 11) is 0. The van der Waals surface area contributed by atoms with Crippen LogP contribution in [0, 0.1) is 11.8 Å². The van der Waals surface area contributed by atoms with Gasteiger partial charge in [-0.2, -0.15) is 11.8 Å². The zero-order valence-corrected chi connectivity index (χ0v) is 12.1. The van der Waals surface area contributed by atoms with Gasteiger partial charge >= 0.3 is 0 Å². The van der Waals surface area contributed by atoms with Crippen LogP contribution in [0.15, 0.2) is 0 Å². The summed E-state index contributed by atoms with van der Waals surface area (Å²) in [4.78, 5) is 0. The minimum atomic E-state index is 0.804. The molecule has 96 valence electrons. The van der Waals surface area contributed by atoms with Crippen LogP contribution in [-0.4, -0.2) is 24.1 Å². The van der Waals surface area contributed by atoms with Crippen LogP contribution in [0.25, 0.3) is 0 Å². The molecule has 1 N–H and O–H groups in total. The molecule has 0 saturated heterocycles. The van der Waals surface area contributed by atoms with Crippen molar-refractivity contribution in [2.45, 2.75) is 58.9 Å². The zero-order valence-electron chi connectivity index (χ0n) is 11.3. The first-order chi connectivity index (χ1) is 7.74. The highest BCUT2D eigenvalue weighted by atomic mass is 32.2. The molecular weight excluding hydrogens is 214 g/mol. The van der Waals surface area contributed by atoms with E-state index in [9.17, 15) is 0 Å². The summed E-state index contributed by atoms with van der Waals surface area (Å²) in [5.41, 5.74) is 0. The van der Waals surface area contributed by atoms with Gasteiger partial charge in [0.25, 0.3) is 0 Å². The van der Waals surface area contributed by atoms with Crippen LogP contribution in [0.5, 0.6) is 0 Å². The second-order valence-corrected chi connectivity index (χ2v) is 6.56. The molecule has 0 aliphatic heterocycles. The fourth-order valence-corrected chi connectivity index (χ4v) is 3.41. The van der Waals surface area contributed by atoms with Crippen LogP contribution in [0.1, 0.15) is 52.9 Å². The summed E-state index contributed by atoms with van der Waals surface area (Å²) in [6.45, 7) is 8.25. The number of rotatable bonds is 7. The molecule has 0 aromatic carbocycles. The van der Waals surface area contributed by atoms with Crippen molar-refractivity contribution in [1.82, 2.24) is 5.32 Å². The van der Waals surface area contributed by atoms with Crippen LogP contribution in [0.3, 0.4) is 0 Å². The maximum atomic E-state index is 3.74. The predicted octanol–water partition coefficient (Wildman–Crippen LogP) is 3.93. The van der Waals surface area contributed by atoms with Gasteiger partial charge in [-0.15, -0.1) is 0 Å². The Morgan fingerprint density at radius 2 is 2.06 bits per heavy atom. The summed E-state index contributed by atoms with van der Waals surface area (Å²) in [5, 5.41) is 3.74. The van der Waals surface area contributed by atoms with E-state index in [2.05, 4.69) is 37.8 Å². The Labute approximate surface area is 106 Å². The van der Waals surface area contributed by atoms with Gasteiger partial charge in [0.1, 0.15) is 0 Å². The second-order valence-electron chi connectivity index (χ2n) is 5.41. The Morgan fingerprint density at radius 1 is 1.31 bits per heavy atom. The van der Waals surface area contributed by atoms with Gasteiger partial charge in [0.2, 0.25) is 0 Å². The van der Waals surface area contributed by atoms with Crippen LogP contribution < -0.4 is 5.32 Å². The molecule has 0 heterocycles. The second kappa shape index (κ2) is 8.41. The summed E-state index contributed by atoms with van der Waals surface area (Å²) in [5.74, 6) is 4.40. The molecule has 3 atom stereocenters. The van der Waals surface area contributed by atoms with Crippen molar-refractivity contribution < 1.29 is 0 Å². The third-order valence-electron chi connectivity index (χ3n) is 3.86. The lowest BCUT2D eigenvalue weighted by molar-refractivity contribution is 0.285. The van der Waals surface area contributed by atoms with Crippen molar-refractivity contribution in [2.24, 2.45) is 11.8 Å². The summed E-state index contributed by atoms with van der Waals surface area (Å²) in [6, 6.07) is 0.804. The van der Waals surface area contributed by atoms with Crippen molar-refractivity contribution in [3.8, 4) is 0 Å². The van der Waals surface area contributed by atoms with E-state index in [1.165, 1.54) is 50.2 Å². The Morgan fingerprint density at radius 3 is 2.75 bits per heavy atom. The number of nitrogens with one attached hydrogen (secondary N) is 1. The van der Waals surface area contributed by atoms with Crippen molar-refractivity contribution in [1.29, 1.82) is 0 Å². The Balaban J connectivity index is 1.97. The standard InChI is InChI=1S/C14H29NS/c1-4-12(2)11-16-10-9-15-14-8-6-5-7-13(14)3/h12-15H,4-11H2,1-3H3. The molecule has 0 aromatic rings. The molecule has 1 fully saturated rings. The van der Waals surface area contributed by atoms with Gasteiger partial charge in [-0.3, -0.25) is 0 Å². The molecule has 0 spiro atoms. The SMILES string of the molecule is CCC(C)CSCCNC1CCCCC1C. The molecule has 1 saturated carbocycles. The van der Waals surface area contributed by atoms with E-state index in [4.69, 9.17) is 0 Å². The van der Waals surface area contributed by atoms with Gasteiger partial charge in [0.15, 0.2) is 0 Å². The van der Waals surface area contributed by atoms with E-state index in [0.717, 1.165) is 17.9 Å². The van der Waals surface area contributed by atoms with Crippen LogP contribution in [0.4, 0.5) is 0 Å². The van der Waals surface area contributed by atoms with Gasteiger partial charge in [-0.1, -0.05) is 40.0 Å². The lowest BCUT2D eigenvalue weighted by atomic mass is 9.86. The van der Waals surface area contributed by atoms with E-state index in [0.29, 0.717) is 0 Å².